The third kappa shape index (κ3) is 3.15. The van der Waals surface area contributed by atoms with E-state index in [1.807, 2.05) is 11.4 Å². The van der Waals surface area contributed by atoms with Crippen LogP contribution in [-0.2, 0) is 6.54 Å². The summed E-state index contributed by atoms with van der Waals surface area (Å²) in [5.41, 5.74) is 0.492. The summed E-state index contributed by atoms with van der Waals surface area (Å²) >= 11 is 1.68. The number of thiophene rings is 1. The molecule has 2 rings (SSSR count). The molecule has 0 amide bonds. The van der Waals surface area contributed by atoms with Crippen LogP contribution in [0.4, 0.5) is 8.78 Å². The summed E-state index contributed by atoms with van der Waals surface area (Å²) in [6.45, 7) is 2.49. The van der Waals surface area contributed by atoms with Crippen molar-refractivity contribution in [2.45, 2.75) is 25.9 Å². The smallest absolute Gasteiger partial charge is 0.130 e. The lowest BCUT2D eigenvalue weighted by atomic mass is 10.1. The number of halogens is 2. The number of rotatable bonds is 5. The van der Waals surface area contributed by atoms with Crippen LogP contribution in [0.2, 0.25) is 0 Å². The van der Waals surface area contributed by atoms with Crippen LogP contribution in [0.1, 0.15) is 29.8 Å². The maximum Gasteiger partial charge on any atom is 0.130 e. The molecule has 0 saturated heterocycles. The topological polar surface area (TPSA) is 12.0 Å². The molecule has 1 N–H and O–H groups in total. The largest absolute Gasteiger partial charge is 0.305 e. The van der Waals surface area contributed by atoms with Crippen LogP contribution >= 0.6 is 11.3 Å². The van der Waals surface area contributed by atoms with Gasteiger partial charge in [-0.05, 0) is 23.9 Å². The Bertz CT molecular complexity index is 497. The van der Waals surface area contributed by atoms with Gasteiger partial charge in [-0.3, -0.25) is 0 Å². The normalized spacial score (nSPS) is 12.6. The first-order valence-electron chi connectivity index (χ1n) is 5.91. The molecular weight excluding hydrogens is 252 g/mol. The molecule has 0 bridgehead atoms. The molecule has 0 fully saturated rings. The summed E-state index contributed by atoms with van der Waals surface area (Å²) in [6.07, 6.45) is 0.934. The predicted molar refractivity (Wildman–Crippen MR) is 70.5 cm³/mol. The Morgan fingerprint density at radius 3 is 2.72 bits per heavy atom. The summed E-state index contributed by atoms with van der Waals surface area (Å²) in [5, 5.41) is 5.32. The van der Waals surface area contributed by atoms with Crippen molar-refractivity contribution < 1.29 is 8.78 Å². The van der Waals surface area contributed by atoms with Gasteiger partial charge in [-0.25, -0.2) is 8.78 Å². The van der Waals surface area contributed by atoms with Gasteiger partial charge in [0.05, 0.1) is 0 Å². The molecule has 1 aromatic heterocycles. The molecule has 1 atom stereocenters. The molecule has 0 spiro atoms. The second-order valence-corrected chi connectivity index (χ2v) is 5.07. The minimum absolute atomic E-state index is 0.217. The third-order valence-electron chi connectivity index (χ3n) is 2.85. The van der Waals surface area contributed by atoms with Crippen molar-refractivity contribution >= 4 is 11.3 Å². The first-order valence-corrected chi connectivity index (χ1v) is 6.79. The fourth-order valence-corrected chi connectivity index (χ4v) is 2.72. The average molecular weight is 267 g/mol. The van der Waals surface area contributed by atoms with Gasteiger partial charge in [-0.1, -0.05) is 19.1 Å². The highest BCUT2D eigenvalue weighted by molar-refractivity contribution is 7.10. The number of benzene rings is 1. The van der Waals surface area contributed by atoms with E-state index in [1.54, 1.807) is 11.3 Å². The lowest BCUT2D eigenvalue weighted by Gasteiger charge is -2.15. The summed E-state index contributed by atoms with van der Waals surface area (Å²) in [7, 11) is 0. The number of hydrogen-bond acceptors (Lipinski definition) is 2. The highest BCUT2D eigenvalue weighted by atomic mass is 32.1. The Balaban J connectivity index is 2.02. The second kappa shape index (κ2) is 6.07. The first-order chi connectivity index (χ1) is 8.70. The van der Waals surface area contributed by atoms with E-state index >= 15 is 0 Å². The molecule has 0 aliphatic heterocycles. The fourth-order valence-electron chi connectivity index (χ4n) is 1.83. The van der Waals surface area contributed by atoms with Gasteiger partial charge >= 0.3 is 0 Å². The molecule has 0 radical (unpaired) electrons. The Morgan fingerprint density at radius 1 is 1.28 bits per heavy atom. The van der Waals surface area contributed by atoms with E-state index in [4.69, 9.17) is 0 Å². The predicted octanol–water partition coefficient (Wildman–Crippen LogP) is 4.27. The van der Waals surface area contributed by atoms with Crippen molar-refractivity contribution in [1.29, 1.82) is 0 Å². The van der Waals surface area contributed by atoms with Gasteiger partial charge in [-0.2, -0.15) is 0 Å². The van der Waals surface area contributed by atoms with Crippen molar-refractivity contribution in [2.75, 3.05) is 0 Å². The number of nitrogens with one attached hydrogen (secondary N) is 1. The third-order valence-corrected chi connectivity index (χ3v) is 3.83. The first kappa shape index (κ1) is 13.2. The van der Waals surface area contributed by atoms with Crippen LogP contribution < -0.4 is 5.32 Å². The van der Waals surface area contributed by atoms with Gasteiger partial charge in [0.15, 0.2) is 0 Å². The monoisotopic (exact) mass is 267 g/mol. The fraction of sp³-hybridized carbons (Fsp3) is 0.286. The van der Waals surface area contributed by atoms with E-state index in [9.17, 15) is 8.78 Å². The maximum absolute atomic E-state index is 13.5. The van der Waals surface area contributed by atoms with Gasteiger partial charge in [-0.15, -0.1) is 11.3 Å². The Morgan fingerprint density at radius 2 is 2.11 bits per heavy atom. The molecule has 96 valence electrons. The van der Waals surface area contributed by atoms with Gasteiger partial charge in [0.1, 0.15) is 11.6 Å². The van der Waals surface area contributed by atoms with Crippen LogP contribution in [0.15, 0.2) is 35.7 Å². The molecule has 0 saturated carbocycles. The lowest BCUT2D eigenvalue weighted by Crippen LogP contribution is -2.20. The van der Waals surface area contributed by atoms with Crippen LogP contribution in [0.3, 0.4) is 0 Å². The van der Waals surface area contributed by atoms with Crippen molar-refractivity contribution in [3.63, 3.8) is 0 Å². The zero-order valence-corrected chi connectivity index (χ0v) is 10.9. The zero-order chi connectivity index (χ0) is 13.0. The van der Waals surface area contributed by atoms with Gasteiger partial charge < -0.3 is 5.32 Å². The minimum atomic E-state index is -0.540. The molecule has 4 heteroatoms. The summed E-state index contributed by atoms with van der Waals surface area (Å²) < 4.78 is 26.2. The van der Waals surface area contributed by atoms with Crippen molar-refractivity contribution in [1.82, 2.24) is 5.32 Å². The van der Waals surface area contributed by atoms with Crippen molar-refractivity contribution in [3.8, 4) is 0 Å². The van der Waals surface area contributed by atoms with Gasteiger partial charge in [0.25, 0.3) is 0 Å². The highest BCUT2D eigenvalue weighted by Crippen LogP contribution is 2.22. The van der Waals surface area contributed by atoms with Crippen LogP contribution in [0, 0.1) is 11.6 Å². The molecule has 1 aromatic carbocycles. The van der Waals surface area contributed by atoms with E-state index in [0.29, 0.717) is 12.1 Å². The number of hydrogen-bond donors (Lipinski definition) is 1. The standard InChI is InChI=1S/C14H15F2NS/c1-2-13(14-4-3-7-18-14)17-9-10-5-6-11(15)8-12(10)16/h3-8,13,17H,2,9H2,1H3. The van der Waals surface area contributed by atoms with E-state index in [1.165, 1.54) is 17.0 Å². The Kier molecular flexibility index (Phi) is 4.44. The molecule has 1 heterocycles. The highest BCUT2D eigenvalue weighted by Gasteiger charge is 2.11. The van der Waals surface area contributed by atoms with E-state index in [2.05, 4.69) is 18.3 Å². The SMILES string of the molecule is CCC(NCc1ccc(F)cc1F)c1cccs1. The van der Waals surface area contributed by atoms with Crippen LogP contribution in [-0.4, -0.2) is 0 Å². The average Bonchev–Trinajstić information content (AvgIpc) is 2.86. The van der Waals surface area contributed by atoms with Gasteiger partial charge in [0.2, 0.25) is 0 Å². The molecule has 2 aromatic rings. The Hall–Kier alpha value is -1.26. The van der Waals surface area contributed by atoms with Gasteiger partial charge in [0, 0.05) is 29.1 Å². The summed E-state index contributed by atoms with van der Waals surface area (Å²) in [5.74, 6) is -1.04. The minimum Gasteiger partial charge on any atom is -0.305 e. The van der Waals surface area contributed by atoms with E-state index in [0.717, 1.165) is 12.5 Å². The Labute approximate surface area is 109 Å². The quantitative estimate of drug-likeness (QED) is 0.853. The molecule has 18 heavy (non-hydrogen) atoms. The maximum atomic E-state index is 13.5. The summed E-state index contributed by atoms with van der Waals surface area (Å²) in [4.78, 5) is 1.24. The van der Waals surface area contributed by atoms with Crippen LogP contribution in [0.25, 0.3) is 0 Å². The molecule has 0 aliphatic carbocycles. The second-order valence-electron chi connectivity index (χ2n) is 4.09. The molecular formula is C14H15F2NS. The van der Waals surface area contributed by atoms with Crippen LogP contribution in [0.5, 0.6) is 0 Å². The van der Waals surface area contributed by atoms with Crippen molar-refractivity contribution in [2.24, 2.45) is 0 Å². The van der Waals surface area contributed by atoms with E-state index < -0.39 is 11.6 Å². The molecule has 0 aliphatic rings. The molecule has 1 nitrogen and oxygen atoms in total. The molecule has 1 unspecified atom stereocenters. The zero-order valence-electron chi connectivity index (χ0n) is 10.1. The van der Waals surface area contributed by atoms with E-state index in [-0.39, 0.29) is 6.04 Å². The van der Waals surface area contributed by atoms with Crippen molar-refractivity contribution in [3.05, 3.63) is 57.8 Å². The summed E-state index contributed by atoms with van der Waals surface area (Å²) in [6, 6.07) is 7.97. The lowest BCUT2D eigenvalue weighted by molar-refractivity contribution is 0.506.